The van der Waals surface area contributed by atoms with Crippen LogP contribution in [-0.4, -0.2) is 54.1 Å². The van der Waals surface area contributed by atoms with Crippen LogP contribution in [0.25, 0.3) is 0 Å². The number of aliphatic carboxylic acids is 1. The highest BCUT2D eigenvalue weighted by Gasteiger charge is 2.32. The lowest BCUT2D eigenvalue weighted by molar-refractivity contribution is -0.142. The van der Waals surface area contributed by atoms with E-state index in [0.717, 1.165) is 32.1 Å². The molecule has 9 nitrogen and oxygen atoms in total. The number of rotatable bonds is 10. The van der Waals surface area contributed by atoms with E-state index in [0.29, 0.717) is 0 Å². The molecule has 1 aliphatic rings. The van der Waals surface area contributed by atoms with Crippen molar-refractivity contribution in [3.63, 3.8) is 0 Å². The topological polar surface area (TPSA) is 148 Å². The Hall–Kier alpha value is -2.16. The summed E-state index contributed by atoms with van der Waals surface area (Å²) in [6.07, 6.45) is 4.63. The molecular formula is C19H33N3O6. The van der Waals surface area contributed by atoms with Crippen LogP contribution in [-0.2, 0) is 23.9 Å². The molecule has 0 radical (unpaired) electrons. The summed E-state index contributed by atoms with van der Waals surface area (Å²) in [4.78, 5) is 47.5. The van der Waals surface area contributed by atoms with Crippen molar-refractivity contribution < 1.29 is 29.0 Å². The molecule has 1 fully saturated rings. The number of carbonyl (C=O) groups excluding carboxylic acids is 3. The molecule has 0 spiro atoms. The molecule has 2 amide bonds. The van der Waals surface area contributed by atoms with E-state index in [1.54, 1.807) is 13.8 Å². The van der Waals surface area contributed by atoms with Crippen molar-refractivity contribution in [2.45, 2.75) is 76.9 Å². The Bertz CT molecular complexity index is 560. The van der Waals surface area contributed by atoms with Crippen molar-refractivity contribution in [2.75, 3.05) is 7.11 Å². The maximum atomic E-state index is 12.9. The number of amides is 2. The van der Waals surface area contributed by atoms with Crippen LogP contribution in [0, 0.1) is 11.8 Å². The number of carboxylic acids is 1. The Morgan fingerprint density at radius 3 is 2.14 bits per heavy atom. The van der Waals surface area contributed by atoms with Crippen LogP contribution in [0.15, 0.2) is 0 Å². The molecule has 1 unspecified atom stereocenters. The van der Waals surface area contributed by atoms with Crippen molar-refractivity contribution in [1.82, 2.24) is 10.6 Å². The second-order valence-electron chi connectivity index (χ2n) is 7.73. The molecule has 0 heterocycles. The molecule has 0 bridgehead atoms. The van der Waals surface area contributed by atoms with Gasteiger partial charge in [0, 0.05) is 6.04 Å². The molecule has 1 rings (SSSR count). The minimum Gasteiger partial charge on any atom is -0.481 e. The number of esters is 1. The summed E-state index contributed by atoms with van der Waals surface area (Å²) in [7, 11) is 1.31. The number of methoxy groups -OCH3 is 1. The third-order valence-corrected chi connectivity index (χ3v) is 5.14. The number of carboxylic acid groups (broad SMARTS) is 1. The molecule has 1 aliphatic carbocycles. The summed E-state index contributed by atoms with van der Waals surface area (Å²) in [5.74, 6) is -2.77. The molecule has 0 aliphatic heterocycles. The van der Waals surface area contributed by atoms with Crippen LogP contribution in [0.5, 0.6) is 0 Å². The van der Waals surface area contributed by atoms with E-state index >= 15 is 0 Å². The molecular weight excluding hydrogens is 366 g/mol. The maximum Gasteiger partial charge on any atom is 0.307 e. The van der Waals surface area contributed by atoms with Gasteiger partial charge in [0.15, 0.2) is 0 Å². The van der Waals surface area contributed by atoms with Gasteiger partial charge in [-0.05, 0) is 24.7 Å². The van der Waals surface area contributed by atoms with Crippen LogP contribution in [0.1, 0.15) is 58.8 Å². The van der Waals surface area contributed by atoms with Crippen LogP contribution in [0.2, 0.25) is 0 Å². The quantitative estimate of drug-likeness (QED) is 0.392. The van der Waals surface area contributed by atoms with Crippen molar-refractivity contribution in [3.05, 3.63) is 0 Å². The van der Waals surface area contributed by atoms with E-state index in [1.165, 1.54) is 7.11 Å². The first-order chi connectivity index (χ1) is 13.1. The fourth-order valence-corrected chi connectivity index (χ4v) is 3.48. The van der Waals surface area contributed by atoms with E-state index in [4.69, 9.17) is 15.6 Å². The highest BCUT2D eigenvalue weighted by atomic mass is 16.5. The first-order valence-electron chi connectivity index (χ1n) is 9.80. The van der Waals surface area contributed by atoms with Gasteiger partial charge in [0.2, 0.25) is 11.8 Å². The SMILES string of the molecule is COC(=O)CC(NC(=O)[C@H](NC(=O)[C@@H](N)CC(=O)O)C(C)C)C1CCCCC1. The third kappa shape index (κ3) is 7.84. The van der Waals surface area contributed by atoms with E-state index in [-0.39, 0.29) is 24.3 Å². The predicted molar refractivity (Wildman–Crippen MR) is 102 cm³/mol. The molecule has 5 N–H and O–H groups in total. The Morgan fingerprint density at radius 1 is 1.04 bits per heavy atom. The van der Waals surface area contributed by atoms with Crippen LogP contribution >= 0.6 is 0 Å². The first kappa shape index (κ1) is 23.9. The van der Waals surface area contributed by atoms with Gasteiger partial charge in [-0.1, -0.05) is 33.1 Å². The fraction of sp³-hybridized carbons (Fsp3) is 0.789. The number of nitrogens with one attached hydrogen (secondary N) is 2. The fourth-order valence-electron chi connectivity index (χ4n) is 3.48. The Kier molecular flexibility index (Phi) is 9.92. The molecule has 28 heavy (non-hydrogen) atoms. The summed E-state index contributed by atoms with van der Waals surface area (Å²) in [6, 6.07) is -2.49. The Labute approximate surface area is 165 Å². The highest BCUT2D eigenvalue weighted by molar-refractivity contribution is 5.91. The summed E-state index contributed by atoms with van der Waals surface area (Å²) in [6.45, 7) is 3.53. The maximum absolute atomic E-state index is 12.9. The monoisotopic (exact) mass is 399 g/mol. The molecule has 9 heteroatoms. The predicted octanol–water partition coefficient (Wildman–Crippen LogP) is 0.557. The molecule has 0 saturated heterocycles. The third-order valence-electron chi connectivity index (χ3n) is 5.14. The number of hydrogen-bond acceptors (Lipinski definition) is 6. The molecule has 160 valence electrons. The Morgan fingerprint density at radius 2 is 1.64 bits per heavy atom. The average Bonchev–Trinajstić information content (AvgIpc) is 2.64. The average molecular weight is 399 g/mol. The van der Waals surface area contributed by atoms with Gasteiger partial charge in [0.05, 0.1) is 26.0 Å². The highest BCUT2D eigenvalue weighted by Crippen LogP contribution is 2.28. The minimum absolute atomic E-state index is 0.0736. The van der Waals surface area contributed by atoms with Crippen molar-refractivity contribution in [3.8, 4) is 0 Å². The van der Waals surface area contributed by atoms with Gasteiger partial charge in [-0.3, -0.25) is 19.2 Å². The molecule has 0 aromatic heterocycles. The summed E-state index contributed by atoms with van der Waals surface area (Å²) >= 11 is 0. The molecule has 0 aromatic rings. The molecule has 0 aromatic carbocycles. The van der Waals surface area contributed by atoms with Crippen LogP contribution < -0.4 is 16.4 Å². The van der Waals surface area contributed by atoms with Gasteiger partial charge in [0.25, 0.3) is 0 Å². The number of hydrogen-bond donors (Lipinski definition) is 4. The lowest BCUT2D eigenvalue weighted by atomic mass is 9.82. The van der Waals surface area contributed by atoms with Gasteiger partial charge >= 0.3 is 11.9 Å². The zero-order valence-electron chi connectivity index (χ0n) is 16.9. The smallest absolute Gasteiger partial charge is 0.307 e. The van der Waals surface area contributed by atoms with Gasteiger partial charge in [-0.2, -0.15) is 0 Å². The van der Waals surface area contributed by atoms with Crippen LogP contribution in [0.3, 0.4) is 0 Å². The normalized spacial score (nSPS) is 18.0. The van der Waals surface area contributed by atoms with E-state index in [1.807, 2.05) is 0 Å². The van der Waals surface area contributed by atoms with Gasteiger partial charge in [0.1, 0.15) is 6.04 Å². The zero-order valence-corrected chi connectivity index (χ0v) is 16.9. The standard InChI is InChI=1S/C19H33N3O6/c1-11(2)17(22-18(26)13(20)9-15(23)24)19(27)21-14(10-16(25)28-3)12-7-5-4-6-8-12/h11-14,17H,4-10,20H2,1-3H3,(H,21,27)(H,22,26)(H,23,24)/t13-,14?,17+/m0/s1. The second-order valence-corrected chi connectivity index (χ2v) is 7.73. The lowest BCUT2D eigenvalue weighted by Gasteiger charge is -2.32. The van der Waals surface area contributed by atoms with Crippen molar-refractivity contribution in [2.24, 2.45) is 17.6 Å². The number of nitrogens with two attached hydrogens (primary N) is 1. The van der Waals surface area contributed by atoms with E-state index in [2.05, 4.69) is 10.6 Å². The van der Waals surface area contributed by atoms with Gasteiger partial charge in [-0.25, -0.2) is 0 Å². The van der Waals surface area contributed by atoms with Gasteiger partial charge in [-0.15, -0.1) is 0 Å². The van der Waals surface area contributed by atoms with E-state index < -0.39 is 42.3 Å². The van der Waals surface area contributed by atoms with Crippen molar-refractivity contribution in [1.29, 1.82) is 0 Å². The largest absolute Gasteiger partial charge is 0.481 e. The Balaban J connectivity index is 2.82. The number of ether oxygens (including phenoxy) is 1. The molecule has 3 atom stereocenters. The first-order valence-corrected chi connectivity index (χ1v) is 9.80. The molecule has 1 saturated carbocycles. The number of carbonyl (C=O) groups is 4. The zero-order chi connectivity index (χ0) is 21.3. The summed E-state index contributed by atoms with van der Waals surface area (Å²) in [5.41, 5.74) is 5.58. The van der Waals surface area contributed by atoms with E-state index in [9.17, 15) is 19.2 Å². The lowest BCUT2D eigenvalue weighted by Crippen LogP contribution is -2.56. The van der Waals surface area contributed by atoms with Crippen molar-refractivity contribution >= 4 is 23.8 Å². The summed E-state index contributed by atoms with van der Waals surface area (Å²) < 4.78 is 4.76. The summed E-state index contributed by atoms with van der Waals surface area (Å²) in [5, 5.41) is 14.2. The second kappa shape index (κ2) is 11.6. The minimum atomic E-state index is -1.24. The van der Waals surface area contributed by atoms with Crippen LogP contribution in [0.4, 0.5) is 0 Å². The van der Waals surface area contributed by atoms with Gasteiger partial charge < -0.3 is 26.2 Å².